The standard InChI is InChI=1S/C22H28N2O3/c1-15-6-4-5-7-18(15)20(25)17-12-19(23-14-17)21(26)24-10-8-16(9-11-24)13-22(2,3)27/h4-7,12,14,16,23,27H,8-11,13H2,1-3H3. The third-order valence-corrected chi connectivity index (χ3v) is 5.26. The van der Waals surface area contributed by atoms with Gasteiger partial charge in [0, 0.05) is 30.4 Å². The first kappa shape index (κ1) is 19.4. The Bertz CT molecular complexity index is 824. The van der Waals surface area contributed by atoms with Crippen LogP contribution in [0, 0.1) is 12.8 Å². The summed E-state index contributed by atoms with van der Waals surface area (Å²) in [5, 5.41) is 9.97. The number of ketones is 1. The van der Waals surface area contributed by atoms with Crippen LogP contribution in [0.25, 0.3) is 0 Å². The number of likely N-dealkylation sites (tertiary alicyclic amines) is 1. The predicted octanol–water partition coefficient (Wildman–Crippen LogP) is 3.57. The first-order valence-electron chi connectivity index (χ1n) is 9.55. The summed E-state index contributed by atoms with van der Waals surface area (Å²) in [6, 6.07) is 9.11. The van der Waals surface area contributed by atoms with Crippen molar-refractivity contribution in [3.05, 3.63) is 58.9 Å². The Balaban J connectivity index is 1.64. The highest BCUT2D eigenvalue weighted by Gasteiger charge is 2.28. The van der Waals surface area contributed by atoms with E-state index in [0.29, 0.717) is 35.8 Å². The number of benzene rings is 1. The predicted molar refractivity (Wildman–Crippen MR) is 105 cm³/mol. The van der Waals surface area contributed by atoms with Gasteiger partial charge in [0.05, 0.1) is 5.60 Å². The number of rotatable bonds is 5. The number of aryl methyl sites for hydroxylation is 1. The average molecular weight is 368 g/mol. The van der Waals surface area contributed by atoms with Crippen molar-refractivity contribution < 1.29 is 14.7 Å². The second-order valence-electron chi connectivity index (χ2n) is 8.20. The molecule has 0 spiro atoms. The Morgan fingerprint density at radius 3 is 2.52 bits per heavy atom. The molecule has 2 aromatic rings. The van der Waals surface area contributed by atoms with Gasteiger partial charge in [-0.25, -0.2) is 0 Å². The van der Waals surface area contributed by atoms with Gasteiger partial charge in [-0.05, 0) is 57.6 Å². The molecule has 3 rings (SSSR count). The number of carbonyl (C=O) groups is 2. The van der Waals surface area contributed by atoms with Crippen molar-refractivity contribution in [3.8, 4) is 0 Å². The van der Waals surface area contributed by atoms with E-state index < -0.39 is 5.60 Å². The molecule has 1 amide bonds. The van der Waals surface area contributed by atoms with Gasteiger partial charge in [-0.3, -0.25) is 9.59 Å². The average Bonchev–Trinajstić information content (AvgIpc) is 3.10. The summed E-state index contributed by atoms with van der Waals surface area (Å²) in [5.41, 5.74) is 1.87. The van der Waals surface area contributed by atoms with Crippen molar-refractivity contribution in [2.24, 2.45) is 5.92 Å². The molecule has 1 saturated heterocycles. The molecule has 1 aliphatic heterocycles. The summed E-state index contributed by atoms with van der Waals surface area (Å²) in [6.45, 7) is 6.93. The van der Waals surface area contributed by atoms with Crippen LogP contribution in [0.4, 0.5) is 0 Å². The zero-order valence-electron chi connectivity index (χ0n) is 16.3. The Hall–Kier alpha value is -2.40. The minimum absolute atomic E-state index is 0.0689. The molecule has 5 heteroatoms. The van der Waals surface area contributed by atoms with Gasteiger partial charge in [-0.15, -0.1) is 0 Å². The summed E-state index contributed by atoms with van der Waals surface area (Å²) in [5.74, 6) is 0.295. The van der Waals surface area contributed by atoms with Gasteiger partial charge in [-0.1, -0.05) is 24.3 Å². The van der Waals surface area contributed by atoms with Gasteiger partial charge in [-0.2, -0.15) is 0 Å². The highest BCUT2D eigenvalue weighted by molar-refractivity contribution is 6.11. The fourth-order valence-corrected chi connectivity index (χ4v) is 3.85. The van der Waals surface area contributed by atoms with Gasteiger partial charge in [0.15, 0.2) is 5.78 Å². The number of aliphatic hydroxyl groups is 1. The topological polar surface area (TPSA) is 73.4 Å². The van der Waals surface area contributed by atoms with E-state index in [1.807, 2.05) is 43.9 Å². The maximum absolute atomic E-state index is 12.8. The number of hydrogen-bond acceptors (Lipinski definition) is 3. The number of piperidine rings is 1. The van der Waals surface area contributed by atoms with E-state index in [0.717, 1.165) is 24.8 Å². The fourth-order valence-electron chi connectivity index (χ4n) is 3.85. The summed E-state index contributed by atoms with van der Waals surface area (Å²) in [7, 11) is 0. The number of aromatic nitrogens is 1. The second-order valence-corrected chi connectivity index (χ2v) is 8.20. The zero-order chi connectivity index (χ0) is 19.6. The van der Waals surface area contributed by atoms with Crippen molar-refractivity contribution in [1.29, 1.82) is 0 Å². The Morgan fingerprint density at radius 2 is 1.89 bits per heavy atom. The van der Waals surface area contributed by atoms with Crippen LogP contribution in [0.5, 0.6) is 0 Å². The summed E-state index contributed by atoms with van der Waals surface area (Å²) >= 11 is 0. The van der Waals surface area contributed by atoms with Gasteiger partial charge in [0.2, 0.25) is 0 Å². The van der Waals surface area contributed by atoms with E-state index in [-0.39, 0.29) is 11.7 Å². The molecule has 1 aromatic carbocycles. The SMILES string of the molecule is Cc1ccccc1C(=O)c1c[nH]c(C(=O)N2CCC(CC(C)(C)O)CC2)c1. The van der Waals surface area contributed by atoms with Gasteiger partial charge in [0.1, 0.15) is 5.69 Å². The molecule has 0 radical (unpaired) electrons. The van der Waals surface area contributed by atoms with E-state index in [4.69, 9.17) is 0 Å². The smallest absolute Gasteiger partial charge is 0.270 e. The Labute approximate surface area is 160 Å². The minimum atomic E-state index is -0.666. The highest BCUT2D eigenvalue weighted by atomic mass is 16.3. The minimum Gasteiger partial charge on any atom is -0.390 e. The number of carbonyl (C=O) groups excluding carboxylic acids is 2. The molecule has 0 aliphatic carbocycles. The number of aromatic amines is 1. The van der Waals surface area contributed by atoms with E-state index >= 15 is 0 Å². The van der Waals surface area contributed by atoms with Crippen LogP contribution in [0.15, 0.2) is 36.5 Å². The van der Waals surface area contributed by atoms with Crippen LogP contribution in [0.3, 0.4) is 0 Å². The first-order valence-corrected chi connectivity index (χ1v) is 9.55. The van der Waals surface area contributed by atoms with Crippen molar-refractivity contribution >= 4 is 11.7 Å². The molecule has 0 unspecified atom stereocenters. The number of nitrogens with one attached hydrogen (secondary N) is 1. The van der Waals surface area contributed by atoms with Crippen LogP contribution in [-0.4, -0.2) is 45.4 Å². The van der Waals surface area contributed by atoms with Crippen LogP contribution < -0.4 is 0 Å². The molecule has 1 fully saturated rings. The Morgan fingerprint density at radius 1 is 1.22 bits per heavy atom. The van der Waals surface area contributed by atoms with E-state index in [2.05, 4.69) is 4.98 Å². The molecule has 2 N–H and O–H groups in total. The molecule has 1 aromatic heterocycles. The second kappa shape index (κ2) is 7.69. The zero-order valence-corrected chi connectivity index (χ0v) is 16.3. The summed E-state index contributed by atoms with van der Waals surface area (Å²) in [4.78, 5) is 30.3. The molecule has 1 aliphatic rings. The van der Waals surface area contributed by atoms with E-state index in [1.54, 1.807) is 18.3 Å². The molecular weight excluding hydrogens is 340 g/mol. The lowest BCUT2D eigenvalue weighted by atomic mass is 9.86. The maximum Gasteiger partial charge on any atom is 0.270 e. The lowest BCUT2D eigenvalue weighted by molar-refractivity contribution is 0.0357. The lowest BCUT2D eigenvalue weighted by Crippen LogP contribution is -2.40. The van der Waals surface area contributed by atoms with Gasteiger partial charge >= 0.3 is 0 Å². The van der Waals surface area contributed by atoms with E-state index in [1.165, 1.54) is 0 Å². The summed E-state index contributed by atoms with van der Waals surface area (Å²) in [6.07, 6.45) is 4.16. The van der Waals surface area contributed by atoms with Crippen LogP contribution in [0.2, 0.25) is 0 Å². The van der Waals surface area contributed by atoms with Crippen molar-refractivity contribution in [2.75, 3.05) is 13.1 Å². The number of hydrogen-bond donors (Lipinski definition) is 2. The van der Waals surface area contributed by atoms with Gasteiger partial charge < -0.3 is 15.0 Å². The Kier molecular flexibility index (Phi) is 5.51. The number of H-pyrrole nitrogens is 1. The van der Waals surface area contributed by atoms with Gasteiger partial charge in [0.25, 0.3) is 5.91 Å². The quantitative estimate of drug-likeness (QED) is 0.793. The summed E-state index contributed by atoms with van der Waals surface area (Å²) < 4.78 is 0. The molecular formula is C22H28N2O3. The normalized spacial score (nSPS) is 15.8. The molecule has 144 valence electrons. The highest BCUT2D eigenvalue weighted by Crippen LogP contribution is 2.27. The van der Waals surface area contributed by atoms with Crippen LogP contribution in [0.1, 0.15) is 65.1 Å². The lowest BCUT2D eigenvalue weighted by Gasteiger charge is -2.34. The third kappa shape index (κ3) is 4.66. The van der Waals surface area contributed by atoms with Crippen molar-refractivity contribution in [3.63, 3.8) is 0 Å². The third-order valence-electron chi connectivity index (χ3n) is 5.26. The largest absolute Gasteiger partial charge is 0.390 e. The molecule has 2 heterocycles. The number of amides is 1. The molecule has 0 saturated carbocycles. The first-order chi connectivity index (χ1) is 12.7. The van der Waals surface area contributed by atoms with E-state index in [9.17, 15) is 14.7 Å². The number of nitrogens with zero attached hydrogens (tertiary/aromatic N) is 1. The monoisotopic (exact) mass is 368 g/mol. The maximum atomic E-state index is 12.8. The molecule has 5 nitrogen and oxygen atoms in total. The van der Waals surface area contributed by atoms with Crippen molar-refractivity contribution in [1.82, 2.24) is 9.88 Å². The van der Waals surface area contributed by atoms with Crippen molar-refractivity contribution in [2.45, 2.75) is 45.6 Å². The van der Waals surface area contributed by atoms with Crippen LogP contribution >= 0.6 is 0 Å². The molecule has 0 bridgehead atoms. The fraction of sp³-hybridized carbons (Fsp3) is 0.455. The molecule has 27 heavy (non-hydrogen) atoms. The molecule has 0 atom stereocenters. The van der Waals surface area contributed by atoms with Crippen LogP contribution in [-0.2, 0) is 0 Å².